The van der Waals surface area contributed by atoms with Crippen LogP contribution < -0.4 is 10.1 Å². The smallest absolute Gasteiger partial charge is 0.407 e. The molecule has 0 aromatic heterocycles. The molecule has 0 heterocycles. The standard InChI is InChI=1S/C13H19NO3/c1-4-16-13(15)14-11(3)9-17-12-7-5-10(2)6-8-12/h5-8,11H,4,9H2,1-3H3,(H,14,15). The van der Waals surface area contributed by atoms with E-state index in [1.165, 1.54) is 5.56 Å². The Kier molecular flexibility index (Phi) is 5.33. The van der Waals surface area contributed by atoms with Gasteiger partial charge in [-0.3, -0.25) is 0 Å². The highest BCUT2D eigenvalue weighted by atomic mass is 16.5. The second-order valence-electron chi connectivity index (χ2n) is 3.89. The molecular formula is C13H19NO3. The van der Waals surface area contributed by atoms with E-state index in [4.69, 9.17) is 9.47 Å². The molecule has 94 valence electrons. The first-order chi connectivity index (χ1) is 8.11. The largest absolute Gasteiger partial charge is 0.491 e. The zero-order valence-electron chi connectivity index (χ0n) is 10.5. The summed E-state index contributed by atoms with van der Waals surface area (Å²) in [6.45, 7) is 6.45. The number of ether oxygens (including phenoxy) is 2. The number of carbonyl (C=O) groups is 1. The van der Waals surface area contributed by atoms with Crippen LogP contribution >= 0.6 is 0 Å². The van der Waals surface area contributed by atoms with Crippen molar-refractivity contribution in [3.8, 4) is 5.75 Å². The van der Waals surface area contributed by atoms with E-state index in [0.717, 1.165) is 5.75 Å². The first-order valence-corrected chi connectivity index (χ1v) is 5.74. The third-order valence-electron chi connectivity index (χ3n) is 2.16. The van der Waals surface area contributed by atoms with Crippen molar-refractivity contribution in [3.63, 3.8) is 0 Å². The Morgan fingerprint density at radius 3 is 2.59 bits per heavy atom. The molecule has 4 heteroatoms. The van der Waals surface area contributed by atoms with Crippen molar-refractivity contribution in [2.24, 2.45) is 0 Å². The van der Waals surface area contributed by atoms with E-state index in [1.54, 1.807) is 6.92 Å². The summed E-state index contributed by atoms with van der Waals surface area (Å²) in [7, 11) is 0. The third-order valence-corrected chi connectivity index (χ3v) is 2.16. The lowest BCUT2D eigenvalue weighted by atomic mass is 10.2. The summed E-state index contributed by atoms with van der Waals surface area (Å²) in [6.07, 6.45) is -0.410. The first-order valence-electron chi connectivity index (χ1n) is 5.74. The van der Waals surface area contributed by atoms with Crippen LogP contribution in [0, 0.1) is 6.92 Å². The molecule has 0 aliphatic rings. The maximum atomic E-state index is 11.1. The van der Waals surface area contributed by atoms with E-state index in [2.05, 4.69) is 5.32 Å². The van der Waals surface area contributed by atoms with E-state index in [-0.39, 0.29) is 6.04 Å². The van der Waals surface area contributed by atoms with Crippen molar-refractivity contribution in [2.75, 3.05) is 13.2 Å². The van der Waals surface area contributed by atoms with Gasteiger partial charge in [-0.25, -0.2) is 4.79 Å². The van der Waals surface area contributed by atoms with E-state index in [0.29, 0.717) is 13.2 Å². The van der Waals surface area contributed by atoms with Crippen LogP contribution in [0.25, 0.3) is 0 Å². The number of amides is 1. The molecule has 0 aliphatic heterocycles. The number of hydrogen-bond donors (Lipinski definition) is 1. The molecule has 1 N–H and O–H groups in total. The highest BCUT2D eigenvalue weighted by Gasteiger charge is 2.07. The van der Waals surface area contributed by atoms with Crippen LogP contribution in [0.2, 0.25) is 0 Å². The molecule has 1 amide bonds. The molecule has 1 aromatic carbocycles. The van der Waals surface area contributed by atoms with E-state index < -0.39 is 6.09 Å². The summed E-state index contributed by atoms with van der Waals surface area (Å²) in [4.78, 5) is 11.1. The number of carbonyl (C=O) groups excluding carboxylic acids is 1. The summed E-state index contributed by atoms with van der Waals surface area (Å²) in [5.41, 5.74) is 1.19. The number of rotatable bonds is 5. The molecule has 1 atom stereocenters. The Morgan fingerprint density at radius 2 is 2.00 bits per heavy atom. The van der Waals surface area contributed by atoms with Gasteiger partial charge in [-0.1, -0.05) is 17.7 Å². The Bertz CT molecular complexity index is 348. The van der Waals surface area contributed by atoms with Gasteiger partial charge in [0.1, 0.15) is 12.4 Å². The van der Waals surface area contributed by atoms with Crippen LogP contribution in [-0.4, -0.2) is 25.3 Å². The molecule has 1 unspecified atom stereocenters. The molecule has 0 saturated carbocycles. The number of nitrogens with one attached hydrogen (secondary N) is 1. The van der Waals surface area contributed by atoms with Crippen LogP contribution in [0.4, 0.5) is 4.79 Å². The van der Waals surface area contributed by atoms with Crippen molar-refractivity contribution >= 4 is 6.09 Å². The fourth-order valence-corrected chi connectivity index (χ4v) is 1.27. The van der Waals surface area contributed by atoms with Gasteiger partial charge in [0.25, 0.3) is 0 Å². The van der Waals surface area contributed by atoms with Gasteiger partial charge in [-0.2, -0.15) is 0 Å². The van der Waals surface area contributed by atoms with Gasteiger partial charge >= 0.3 is 6.09 Å². The van der Waals surface area contributed by atoms with Gasteiger partial charge in [-0.15, -0.1) is 0 Å². The molecule has 0 spiro atoms. The van der Waals surface area contributed by atoms with Crippen LogP contribution in [0.1, 0.15) is 19.4 Å². The Morgan fingerprint density at radius 1 is 1.35 bits per heavy atom. The minimum absolute atomic E-state index is 0.0876. The minimum Gasteiger partial charge on any atom is -0.491 e. The second kappa shape index (κ2) is 6.78. The monoisotopic (exact) mass is 237 g/mol. The van der Waals surface area contributed by atoms with Crippen molar-refractivity contribution in [2.45, 2.75) is 26.8 Å². The molecule has 0 radical (unpaired) electrons. The highest BCUT2D eigenvalue weighted by Crippen LogP contribution is 2.11. The number of hydrogen-bond acceptors (Lipinski definition) is 3. The van der Waals surface area contributed by atoms with Crippen LogP contribution in [-0.2, 0) is 4.74 Å². The normalized spacial score (nSPS) is 11.7. The lowest BCUT2D eigenvalue weighted by Crippen LogP contribution is -2.37. The fourth-order valence-electron chi connectivity index (χ4n) is 1.27. The molecule has 17 heavy (non-hydrogen) atoms. The summed E-state index contributed by atoms with van der Waals surface area (Å²) in [6, 6.07) is 7.70. The first kappa shape index (κ1) is 13.4. The summed E-state index contributed by atoms with van der Waals surface area (Å²) in [5.74, 6) is 0.799. The predicted molar refractivity (Wildman–Crippen MR) is 66.3 cm³/mol. The van der Waals surface area contributed by atoms with E-state index in [9.17, 15) is 4.79 Å². The molecule has 0 saturated heterocycles. The fraction of sp³-hybridized carbons (Fsp3) is 0.462. The average Bonchev–Trinajstić information content (AvgIpc) is 2.28. The Labute approximate surface area is 102 Å². The molecule has 0 aliphatic carbocycles. The predicted octanol–water partition coefficient (Wildman–Crippen LogP) is 2.51. The quantitative estimate of drug-likeness (QED) is 0.856. The Hall–Kier alpha value is -1.71. The van der Waals surface area contributed by atoms with Gasteiger partial charge in [0.05, 0.1) is 12.6 Å². The van der Waals surface area contributed by atoms with Gasteiger partial charge < -0.3 is 14.8 Å². The molecule has 1 aromatic rings. The maximum Gasteiger partial charge on any atom is 0.407 e. The highest BCUT2D eigenvalue weighted by molar-refractivity contribution is 5.67. The lowest BCUT2D eigenvalue weighted by Gasteiger charge is -2.14. The van der Waals surface area contributed by atoms with E-state index in [1.807, 2.05) is 38.1 Å². The van der Waals surface area contributed by atoms with E-state index >= 15 is 0 Å². The average molecular weight is 237 g/mol. The molecule has 1 rings (SSSR count). The van der Waals surface area contributed by atoms with Gasteiger partial charge in [0.15, 0.2) is 0 Å². The van der Waals surface area contributed by atoms with Crippen LogP contribution in [0.5, 0.6) is 5.75 Å². The van der Waals surface area contributed by atoms with Crippen LogP contribution in [0.3, 0.4) is 0 Å². The summed E-state index contributed by atoms with van der Waals surface area (Å²) < 4.78 is 10.3. The molecule has 4 nitrogen and oxygen atoms in total. The minimum atomic E-state index is -0.410. The number of benzene rings is 1. The van der Waals surface area contributed by atoms with Crippen LogP contribution in [0.15, 0.2) is 24.3 Å². The maximum absolute atomic E-state index is 11.1. The molecule has 0 fully saturated rings. The van der Waals surface area contributed by atoms with Gasteiger partial charge in [-0.05, 0) is 32.9 Å². The Balaban J connectivity index is 2.30. The molecule has 0 bridgehead atoms. The summed E-state index contributed by atoms with van der Waals surface area (Å²) >= 11 is 0. The van der Waals surface area contributed by atoms with Gasteiger partial charge in [0.2, 0.25) is 0 Å². The second-order valence-corrected chi connectivity index (χ2v) is 3.89. The topological polar surface area (TPSA) is 47.6 Å². The zero-order valence-corrected chi connectivity index (χ0v) is 10.5. The van der Waals surface area contributed by atoms with Crippen molar-refractivity contribution in [1.29, 1.82) is 0 Å². The third kappa shape index (κ3) is 5.24. The molecular weight excluding hydrogens is 218 g/mol. The van der Waals surface area contributed by atoms with Gasteiger partial charge in [0, 0.05) is 0 Å². The SMILES string of the molecule is CCOC(=O)NC(C)COc1ccc(C)cc1. The lowest BCUT2D eigenvalue weighted by molar-refractivity contribution is 0.144. The van der Waals surface area contributed by atoms with Crippen molar-refractivity contribution in [1.82, 2.24) is 5.32 Å². The zero-order chi connectivity index (χ0) is 12.7. The number of alkyl carbamates (subject to hydrolysis) is 1. The number of aryl methyl sites for hydroxylation is 1. The van der Waals surface area contributed by atoms with Crippen molar-refractivity contribution in [3.05, 3.63) is 29.8 Å². The summed E-state index contributed by atoms with van der Waals surface area (Å²) in [5, 5.41) is 2.68. The van der Waals surface area contributed by atoms with Crippen molar-refractivity contribution < 1.29 is 14.3 Å².